The average Bonchev–Trinajstić information content (AvgIpc) is 2.78. The van der Waals surface area contributed by atoms with E-state index in [4.69, 9.17) is 9.47 Å². The summed E-state index contributed by atoms with van der Waals surface area (Å²) in [6, 6.07) is 12.2. The topological polar surface area (TPSA) is 84.9 Å². The standard InChI is InChI=1S/C24H32N2O5S/c1-24(2,3)18-8-11-20(12-9-18)31-17-23(27)25-19-10-13-21(30-4)22(16-19)32(28,29)26-14-6-5-7-15-26/h8-13,16H,5-7,14-15,17H2,1-4H3,(H,25,27). The molecule has 1 heterocycles. The lowest BCUT2D eigenvalue weighted by Gasteiger charge is -2.26. The van der Waals surface area contributed by atoms with Gasteiger partial charge in [-0.05, 0) is 54.2 Å². The molecule has 0 atom stereocenters. The molecule has 8 heteroatoms. The molecule has 2 aromatic carbocycles. The lowest BCUT2D eigenvalue weighted by molar-refractivity contribution is -0.118. The van der Waals surface area contributed by atoms with E-state index < -0.39 is 10.0 Å². The molecule has 1 N–H and O–H groups in total. The Morgan fingerprint density at radius 3 is 2.28 bits per heavy atom. The summed E-state index contributed by atoms with van der Waals surface area (Å²) in [5, 5.41) is 2.71. The van der Waals surface area contributed by atoms with Gasteiger partial charge >= 0.3 is 0 Å². The van der Waals surface area contributed by atoms with Crippen LogP contribution in [-0.2, 0) is 20.2 Å². The number of rotatable bonds is 7. The highest BCUT2D eigenvalue weighted by molar-refractivity contribution is 7.89. The predicted molar refractivity (Wildman–Crippen MR) is 125 cm³/mol. The molecule has 0 aliphatic carbocycles. The van der Waals surface area contributed by atoms with Crippen LogP contribution < -0.4 is 14.8 Å². The van der Waals surface area contributed by atoms with Gasteiger partial charge in [0.1, 0.15) is 16.4 Å². The van der Waals surface area contributed by atoms with Gasteiger partial charge in [0.15, 0.2) is 6.61 Å². The van der Waals surface area contributed by atoms with Crippen LogP contribution in [0, 0.1) is 0 Å². The minimum Gasteiger partial charge on any atom is -0.495 e. The number of nitrogens with one attached hydrogen (secondary N) is 1. The molecule has 1 fully saturated rings. The van der Waals surface area contributed by atoms with Gasteiger partial charge in [0.05, 0.1) is 7.11 Å². The SMILES string of the molecule is COc1ccc(NC(=O)COc2ccc(C(C)(C)C)cc2)cc1S(=O)(=O)N1CCCCC1. The smallest absolute Gasteiger partial charge is 0.262 e. The van der Waals surface area contributed by atoms with Crippen LogP contribution in [0.3, 0.4) is 0 Å². The number of carbonyl (C=O) groups excluding carboxylic acids is 1. The Balaban J connectivity index is 1.68. The zero-order chi connectivity index (χ0) is 23.4. The summed E-state index contributed by atoms with van der Waals surface area (Å²) in [5.41, 5.74) is 1.59. The molecule has 3 rings (SSSR count). The lowest BCUT2D eigenvalue weighted by atomic mass is 9.87. The molecular formula is C24H32N2O5S. The van der Waals surface area contributed by atoms with Crippen LogP contribution in [0.5, 0.6) is 11.5 Å². The molecule has 0 bridgehead atoms. The van der Waals surface area contributed by atoms with Crippen molar-refractivity contribution in [3.05, 3.63) is 48.0 Å². The van der Waals surface area contributed by atoms with Crippen molar-refractivity contribution in [1.29, 1.82) is 0 Å². The van der Waals surface area contributed by atoms with E-state index in [1.807, 2.05) is 24.3 Å². The first-order chi connectivity index (χ1) is 15.1. The van der Waals surface area contributed by atoms with Gasteiger partial charge in [-0.25, -0.2) is 8.42 Å². The van der Waals surface area contributed by atoms with E-state index in [0.717, 1.165) is 19.3 Å². The molecule has 2 aromatic rings. The average molecular weight is 461 g/mol. The highest BCUT2D eigenvalue weighted by Gasteiger charge is 2.29. The first-order valence-corrected chi connectivity index (χ1v) is 12.3. The van der Waals surface area contributed by atoms with Crippen molar-refractivity contribution in [1.82, 2.24) is 4.31 Å². The number of methoxy groups -OCH3 is 1. The second kappa shape index (κ2) is 9.92. The third-order valence-electron chi connectivity index (χ3n) is 5.47. The number of hydrogen-bond donors (Lipinski definition) is 1. The number of hydrogen-bond acceptors (Lipinski definition) is 5. The fraction of sp³-hybridized carbons (Fsp3) is 0.458. The maximum Gasteiger partial charge on any atom is 0.262 e. The van der Waals surface area contributed by atoms with Gasteiger partial charge < -0.3 is 14.8 Å². The largest absolute Gasteiger partial charge is 0.495 e. The second-order valence-corrected chi connectivity index (χ2v) is 10.8. The fourth-order valence-electron chi connectivity index (χ4n) is 3.60. The Bertz CT molecular complexity index is 1040. The molecule has 1 amide bonds. The summed E-state index contributed by atoms with van der Waals surface area (Å²) < 4.78 is 38.6. The van der Waals surface area contributed by atoms with E-state index in [0.29, 0.717) is 24.5 Å². The number of carbonyl (C=O) groups is 1. The maximum atomic E-state index is 13.1. The van der Waals surface area contributed by atoms with Crippen molar-refractivity contribution in [3.8, 4) is 11.5 Å². The normalized spacial score (nSPS) is 15.2. The number of anilines is 1. The van der Waals surface area contributed by atoms with Crippen LogP contribution in [0.4, 0.5) is 5.69 Å². The van der Waals surface area contributed by atoms with Crippen molar-refractivity contribution in [3.63, 3.8) is 0 Å². The van der Waals surface area contributed by atoms with Crippen LogP contribution in [0.25, 0.3) is 0 Å². The van der Waals surface area contributed by atoms with Crippen molar-refractivity contribution >= 4 is 21.6 Å². The van der Waals surface area contributed by atoms with Gasteiger partial charge in [0.25, 0.3) is 5.91 Å². The van der Waals surface area contributed by atoms with Crippen LogP contribution in [0.15, 0.2) is 47.4 Å². The molecule has 0 spiro atoms. The summed E-state index contributed by atoms with van der Waals surface area (Å²) in [6.07, 6.45) is 2.70. The van der Waals surface area contributed by atoms with Crippen LogP contribution in [-0.4, -0.2) is 45.4 Å². The van der Waals surface area contributed by atoms with Crippen LogP contribution in [0.2, 0.25) is 0 Å². The summed E-state index contributed by atoms with van der Waals surface area (Å²) in [7, 11) is -2.28. The second-order valence-electron chi connectivity index (χ2n) is 8.94. The maximum absolute atomic E-state index is 13.1. The van der Waals surface area contributed by atoms with E-state index in [2.05, 4.69) is 26.1 Å². The van der Waals surface area contributed by atoms with E-state index >= 15 is 0 Å². The van der Waals surface area contributed by atoms with E-state index in [1.165, 1.54) is 23.0 Å². The quantitative estimate of drug-likeness (QED) is 0.670. The first kappa shape index (κ1) is 24.1. The van der Waals surface area contributed by atoms with Crippen LogP contribution in [0.1, 0.15) is 45.6 Å². The predicted octanol–water partition coefficient (Wildman–Crippen LogP) is 4.18. The lowest BCUT2D eigenvalue weighted by Crippen LogP contribution is -2.35. The summed E-state index contributed by atoms with van der Waals surface area (Å²) in [6.45, 7) is 7.18. The third-order valence-corrected chi connectivity index (χ3v) is 7.39. The molecule has 1 aliphatic rings. The molecule has 1 aliphatic heterocycles. The molecule has 32 heavy (non-hydrogen) atoms. The zero-order valence-corrected chi connectivity index (χ0v) is 20.0. The van der Waals surface area contributed by atoms with Gasteiger partial charge in [-0.1, -0.05) is 39.3 Å². The molecule has 1 saturated heterocycles. The van der Waals surface area contributed by atoms with Crippen LogP contribution >= 0.6 is 0 Å². The Morgan fingerprint density at radius 2 is 1.69 bits per heavy atom. The molecule has 0 aromatic heterocycles. The van der Waals surface area contributed by atoms with E-state index in [-0.39, 0.29) is 28.6 Å². The minimum atomic E-state index is -3.71. The number of ether oxygens (including phenoxy) is 2. The molecule has 0 radical (unpaired) electrons. The Labute approximate surface area is 190 Å². The summed E-state index contributed by atoms with van der Waals surface area (Å²) in [4.78, 5) is 12.5. The van der Waals surface area contributed by atoms with Crippen molar-refractivity contribution in [2.75, 3.05) is 32.1 Å². The number of nitrogens with zero attached hydrogens (tertiary/aromatic N) is 1. The molecular weight excluding hydrogens is 428 g/mol. The number of piperidine rings is 1. The number of amides is 1. The van der Waals surface area contributed by atoms with Gasteiger partial charge in [-0.3, -0.25) is 4.79 Å². The first-order valence-electron chi connectivity index (χ1n) is 10.8. The van der Waals surface area contributed by atoms with Gasteiger partial charge in [-0.2, -0.15) is 4.31 Å². The Hall–Kier alpha value is -2.58. The molecule has 7 nitrogen and oxygen atoms in total. The third kappa shape index (κ3) is 5.81. The Morgan fingerprint density at radius 1 is 1.03 bits per heavy atom. The molecule has 0 saturated carbocycles. The van der Waals surface area contributed by atoms with Gasteiger partial charge in [0, 0.05) is 18.8 Å². The monoisotopic (exact) mass is 460 g/mol. The van der Waals surface area contributed by atoms with E-state index in [9.17, 15) is 13.2 Å². The Kier molecular flexibility index (Phi) is 7.46. The highest BCUT2D eigenvalue weighted by Crippen LogP contribution is 2.31. The molecule has 174 valence electrons. The summed E-state index contributed by atoms with van der Waals surface area (Å²) >= 11 is 0. The van der Waals surface area contributed by atoms with Crippen molar-refractivity contribution < 1.29 is 22.7 Å². The highest BCUT2D eigenvalue weighted by atomic mass is 32.2. The van der Waals surface area contributed by atoms with E-state index in [1.54, 1.807) is 12.1 Å². The van der Waals surface area contributed by atoms with Gasteiger partial charge in [0.2, 0.25) is 10.0 Å². The van der Waals surface area contributed by atoms with Crippen molar-refractivity contribution in [2.45, 2.75) is 50.3 Å². The molecule has 0 unspecified atom stereocenters. The summed E-state index contributed by atoms with van der Waals surface area (Å²) in [5.74, 6) is 0.469. The fourth-order valence-corrected chi connectivity index (χ4v) is 5.30. The zero-order valence-electron chi connectivity index (χ0n) is 19.2. The van der Waals surface area contributed by atoms with Crippen molar-refractivity contribution in [2.24, 2.45) is 0 Å². The van der Waals surface area contributed by atoms with Gasteiger partial charge in [-0.15, -0.1) is 0 Å². The number of sulfonamides is 1. The number of benzene rings is 2. The minimum absolute atomic E-state index is 0.0382.